The van der Waals surface area contributed by atoms with Crippen LogP contribution in [-0.4, -0.2) is 61.5 Å². The lowest BCUT2D eigenvalue weighted by atomic mass is 10.0. The molecule has 1 aliphatic rings. The molecule has 3 N–H and O–H groups in total. The summed E-state index contributed by atoms with van der Waals surface area (Å²) in [6.45, 7) is 7.90. The van der Waals surface area contributed by atoms with E-state index in [2.05, 4.69) is 39.8 Å². The molecule has 2 rings (SSSR count). The first-order chi connectivity index (χ1) is 26.6. The van der Waals surface area contributed by atoms with Gasteiger partial charge in [-0.2, -0.15) is 0 Å². The van der Waals surface area contributed by atoms with Gasteiger partial charge in [0.25, 0.3) is 0 Å². The van der Waals surface area contributed by atoms with E-state index < -0.39 is 32.5 Å². The highest BCUT2D eigenvalue weighted by Crippen LogP contribution is 2.43. The van der Waals surface area contributed by atoms with Crippen LogP contribution in [0.2, 0.25) is 0 Å². The van der Waals surface area contributed by atoms with Crippen molar-refractivity contribution in [2.75, 3.05) is 26.4 Å². The summed E-state index contributed by atoms with van der Waals surface area (Å²) in [5, 5.41) is 0. The number of hydrogen-bond donors (Lipinski definition) is 2. The highest BCUT2D eigenvalue weighted by Gasteiger charge is 2.36. The molecule has 0 spiro atoms. The van der Waals surface area contributed by atoms with Gasteiger partial charge >= 0.3 is 19.8 Å². The van der Waals surface area contributed by atoms with Gasteiger partial charge in [-0.3, -0.25) is 18.6 Å². The molecule has 2 heterocycles. The van der Waals surface area contributed by atoms with Gasteiger partial charge in [0, 0.05) is 32.2 Å². The molecule has 11 nitrogen and oxygen atoms in total. The molecule has 1 aromatic heterocycles. The van der Waals surface area contributed by atoms with Crippen LogP contribution in [-0.2, 0) is 50.3 Å². The van der Waals surface area contributed by atoms with Crippen LogP contribution in [0.25, 0.3) is 0 Å². The van der Waals surface area contributed by atoms with Crippen molar-refractivity contribution in [2.45, 2.75) is 200 Å². The highest BCUT2D eigenvalue weighted by atomic mass is 31.2. The van der Waals surface area contributed by atoms with Crippen LogP contribution in [0.15, 0.2) is 16.6 Å². The largest absolute Gasteiger partial charge is 0.472 e. The molecule has 4 atom stereocenters. The van der Waals surface area contributed by atoms with Crippen molar-refractivity contribution < 1.29 is 46.7 Å². The fourth-order valence-corrected chi connectivity index (χ4v) is 7.45. The number of phosphoric ester groups is 1. The number of nitrogens with two attached hydrogens (primary N) is 1. The van der Waals surface area contributed by atoms with Gasteiger partial charge < -0.3 is 29.3 Å². The summed E-state index contributed by atoms with van der Waals surface area (Å²) in [6.07, 6.45) is 28.2. The first-order valence-corrected chi connectivity index (χ1v) is 23.1. The lowest BCUT2D eigenvalue weighted by molar-refractivity contribution is -0.161. The van der Waals surface area contributed by atoms with Gasteiger partial charge in [0.15, 0.2) is 6.10 Å². The van der Waals surface area contributed by atoms with Crippen molar-refractivity contribution in [2.24, 2.45) is 5.73 Å². The lowest BCUT2D eigenvalue weighted by Crippen LogP contribution is -2.29. The number of ether oxygens (including phenoxy) is 3. The van der Waals surface area contributed by atoms with Crippen LogP contribution in [0, 0.1) is 13.8 Å². The Morgan fingerprint density at radius 2 is 1.36 bits per heavy atom. The van der Waals surface area contributed by atoms with Gasteiger partial charge in [-0.25, -0.2) is 4.57 Å². The molecule has 55 heavy (non-hydrogen) atoms. The zero-order chi connectivity index (χ0) is 40.2. The second-order valence-electron chi connectivity index (χ2n) is 15.2. The van der Waals surface area contributed by atoms with Crippen molar-refractivity contribution in [3.8, 4) is 0 Å². The summed E-state index contributed by atoms with van der Waals surface area (Å²) in [6, 6.07) is 0. The number of unbranched alkanes of at least 4 members (excludes halogenated alkanes) is 14. The third kappa shape index (κ3) is 23.7. The zero-order valence-electron chi connectivity index (χ0n) is 34.8. The molecular formula is C43H76NO10P. The number of aryl methyl sites for hydroxylation is 2. The third-order valence-electron chi connectivity index (χ3n) is 10.2. The number of carbonyl (C=O) groups is 2. The fourth-order valence-electron chi connectivity index (χ4n) is 6.69. The molecule has 1 aromatic rings. The van der Waals surface area contributed by atoms with Crippen LogP contribution in [0.1, 0.15) is 178 Å². The molecule has 0 aromatic carbocycles. The van der Waals surface area contributed by atoms with Gasteiger partial charge in [-0.15, -0.1) is 0 Å². The van der Waals surface area contributed by atoms with Crippen LogP contribution >= 0.6 is 7.82 Å². The second kappa shape index (κ2) is 30.1. The maximum Gasteiger partial charge on any atom is 0.472 e. The van der Waals surface area contributed by atoms with E-state index in [4.69, 9.17) is 33.4 Å². The molecule has 0 amide bonds. The average Bonchev–Trinajstić information content (AvgIpc) is 3.86. The number of phosphoric acid groups is 1. The Labute approximate surface area is 332 Å². The minimum Gasteiger partial charge on any atom is -0.466 e. The molecule has 3 unspecified atom stereocenters. The number of rotatable bonds is 36. The topological polar surface area (TPSA) is 160 Å². The maximum absolute atomic E-state index is 12.6. The molecule has 1 aliphatic heterocycles. The summed E-state index contributed by atoms with van der Waals surface area (Å²) in [5.41, 5.74) is 7.98. The van der Waals surface area contributed by atoms with Crippen LogP contribution in [0.4, 0.5) is 0 Å². The Morgan fingerprint density at radius 1 is 0.745 bits per heavy atom. The van der Waals surface area contributed by atoms with E-state index in [0.717, 1.165) is 101 Å². The molecular weight excluding hydrogens is 721 g/mol. The van der Waals surface area contributed by atoms with E-state index in [1.54, 1.807) is 0 Å². The van der Waals surface area contributed by atoms with Gasteiger partial charge in [-0.05, 0) is 76.3 Å². The SMILES string of the molecule is CCCCC/C=C\CC1OC1CCCCCCCC(=O)O[C@H](COC(=O)CCCCCCCCCCc1oc(CCC)c(C)c1C)COP(=O)(O)OCCN. The summed E-state index contributed by atoms with van der Waals surface area (Å²) in [5.74, 6) is 1.42. The van der Waals surface area contributed by atoms with Crippen molar-refractivity contribution >= 4 is 19.8 Å². The van der Waals surface area contributed by atoms with Crippen molar-refractivity contribution in [3.05, 3.63) is 34.8 Å². The van der Waals surface area contributed by atoms with Crippen molar-refractivity contribution in [1.82, 2.24) is 0 Å². The predicted molar refractivity (Wildman–Crippen MR) is 218 cm³/mol. The van der Waals surface area contributed by atoms with E-state index in [1.165, 1.54) is 49.7 Å². The Morgan fingerprint density at radius 3 is 2.02 bits per heavy atom. The first kappa shape index (κ1) is 49.1. The second-order valence-corrected chi connectivity index (χ2v) is 16.6. The number of furan rings is 1. The van der Waals surface area contributed by atoms with Gasteiger partial charge in [0.2, 0.25) is 0 Å². The van der Waals surface area contributed by atoms with Crippen molar-refractivity contribution in [1.29, 1.82) is 0 Å². The normalized spacial score (nSPS) is 17.1. The Hall–Kier alpha value is -2.01. The molecule has 12 heteroatoms. The number of hydrogen-bond acceptors (Lipinski definition) is 10. The summed E-state index contributed by atoms with van der Waals surface area (Å²) in [4.78, 5) is 35.0. The van der Waals surface area contributed by atoms with Crippen molar-refractivity contribution in [3.63, 3.8) is 0 Å². The van der Waals surface area contributed by atoms with Gasteiger partial charge in [-0.1, -0.05) is 103 Å². The molecule has 0 aliphatic carbocycles. The molecule has 0 radical (unpaired) electrons. The molecule has 0 saturated carbocycles. The molecule has 0 bridgehead atoms. The van der Waals surface area contributed by atoms with E-state index in [1.807, 2.05) is 0 Å². The number of esters is 2. The fraction of sp³-hybridized carbons (Fsp3) is 0.814. The quantitative estimate of drug-likeness (QED) is 0.0219. The molecule has 318 valence electrons. The van der Waals surface area contributed by atoms with Crippen LogP contribution < -0.4 is 5.73 Å². The first-order valence-electron chi connectivity index (χ1n) is 21.6. The lowest BCUT2D eigenvalue weighted by Gasteiger charge is -2.19. The minimum absolute atomic E-state index is 0.0432. The standard InChI is InChI=1S/C43H76NO10P/c1-5-7-8-9-15-21-27-40-41(54-40)28-22-17-14-19-24-30-43(46)52-37(34-51-55(47,48)50-32-31-44)33-49-42(45)29-23-18-13-11-10-12-16-20-26-39-36(4)35(3)38(53-39)25-6-2/h15,21,37,40-41H,5-14,16-20,22-34,44H2,1-4H3,(H,47,48)/b21-15-/t37-,40?,41?/m1/s1. The predicted octanol–water partition coefficient (Wildman–Crippen LogP) is 10.5. The number of allylic oxidation sites excluding steroid dienone is 1. The summed E-state index contributed by atoms with van der Waals surface area (Å²) < 4.78 is 44.7. The van der Waals surface area contributed by atoms with Crippen LogP contribution in [0.5, 0.6) is 0 Å². The van der Waals surface area contributed by atoms with Gasteiger partial charge in [0.1, 0.15) is 18.1 Å². The highest BCUT2D eigenvalue weighted by molar-refractivity contribution is 7.47. The van der Waals surface area contributed by atoms with E-state index >= 15 is 0 Å². The minimum atomic E-state index is -4.39. The van der Waals surface area contributed by atoms with E-state index in [-0.39, 0.29) is 32.6 Å². The molecule has 1 fully saturated rings. The average molecular weight is 798 g/mol. The monoisotopic (exact) mass is 798 g/mol. The smallest absolute Gasteiger partial charge is 0.466 e. The molecule has 1 saturated heterocycles. The summed E-state index contributed by atoms with van der Waals surface area (Å²) in [7, 11) is -4.39. The number of epoxide rings is 1. The van der Waals surface area contributed by atoms with E-state index in [0.29, 0.717) is 25.0 Å². The third-order valence-corrected chi connectivity index (χ3v) is 11.2. The Kier molecular flexibility index (Phi) is 26.9. The zero-order valence-corrected chi connectivity index (χ0v) is 35.7. The van der Waals surface area contributed by atoms with Crippen LogP contribution in [0.3, 0.4) is 0 Å². The maximum atomic E-state index is 12.6. The van der Waals surface area contributed by atoms with Gasteiger partial charge in [0.05, 0.1) is 25.4 Å². The summed E-state index contributed by atoms with van der Waals surface area (Å²) >= 11 is 0. The Bertz CT molecular complexity index is 1250. The Balaban J connectivity index is 1.56. The number of carbonyl (C=O) groups excluding carboxylic acids is 2. The van der Waals surface area contributed by atoms with E-state index in [9.17, 15) is 19.0 Å².